The summed E-state index contributed by atoms with van der Waals surface area (Å²) >= 11 is 6.33. The van der Waals surface area contributed by atoms with Gasteiger partial charge in [0.2, 0.25) is 0 Å². The lowest BCUT2D eigenvalue weighted by Crippen LogP contribution is -2.19. The van der Waals surface area contributed by atoms with Crippen molar-refractivity contribution in [2.75, 3.05) is 6.61 Å². The molecule has 18 heavy (non-hydrogen) atoms. The minimum absolute atomic E-state index is 0.0211. The summed E-state index contributed by atoms with van der Waals surface area (Å²) < 4.78 is 13.4. The summed E-state index contributed by atoms with van der Waals surface area (Å²) in [6, 6.07) is 0. The van der Waals surface area contributed by atoms with Crippen molar-refractivity contribution in [2.45, 2.75) is 57.3 Å². The normalized spacial score (nSPS) is 25.5. The Morgan fingerprint density at radius 1 is 1.22 bits per heavy atom. The zero-order valence-corrected chi connectivity index (χ0v) is 11.2. The molecule has 5 heteroatoms. The lowest BCUT2D eigenvalue weighted by molar-refractivity contribution is -0.0394. The summed E-state index contributed by atoms with van der Waals surface area (Å²) in [7, 11) is 0. The molecule has 0 bridgehead atoms. The molecule has 1 saturated heterocycles. The van der Waals surface area contributed by atoms with Crippen LogP contribution in [0.4, 0.5) is 0 Å². The van der Waals surface area contributed by atoms with Crippen LogP contribution in [0, 0.1) is 0 Å². The first kappa shape index (κ1) is 12.3. The minimum atomic E-state index is -0.0211. The van der Waals surface area contributed by atoms with Crippen LogP contribution in [0.15, 0.2) is 6.20 Å². The van der Waals surface area contributed by atoms with E-state index in [1.807, 2.05) is 0 Å². The van der Waals surface area contributed by atoms with E-state index in [2.05, 4.69) is 5.10 Å². The molecule has 3 rings (SSSR count). The van der Waals surface area contributed by atoms with Gasteiger partial charge in [-0.2, -0.15) is 5.10 Å². The topological polar surface area (TPSA) is 36.3 Å². The van der Waals surface area contributed by atoms with E-state index in [1.165, 1.54) is 19.3 Å². The molecule has 1 aliphatic heterocycles. The lowest BCUT2D eigenvalue weighted by Gasteiger charge is -2.23. The molecule has 0 spiro atoms. The zero-order valence-electron chi connectivity index (χ0n) is 10.5. The van der Waals surface area contributed by atoms with Gasteiger partial charge in [-0.15, -0.1) is 0 Å². The molecule has 0 aromatic carbocycles. The number of halogens is 1. The summed E-state index contributed by atoms with van der Waals surface area (Å²) in [6.45, 7) is 0.791. The fourth-order valence-electron chi connectivity index (χ4n) is 2.71. The molecule has 4 nitrogen and oxygen atoms in total. The monoisotopic (exact) mass is 270 g/mol. The van der Waals surface area contributed by atoms with E-state index >= 15 is 0 Å². The molecule has 0 amide bonds. The standard InChI is InChI=1S/C13H19ClN2O2/c14-13-11(18-10-5-1-2-6-10)9-15-16(13)12-7-3-4-8-17-12/h9-10,12H,1-8H2. The van der Waals surface area contributed by atoms with Crippen molar-refractivity contribution in [3.63, 3.8) is 0 Å². The molecular weight excluding hydrogens is 252 g/mol. The molecule has 1 aromatic rings. The van der Waals surface area contributed by atoms with Gasteiger partial charge in [-0.25, -0.2) is 4.68 Å². The third-order valence-corrected chi connectivity index (χ3v) is 4.09. The van der Waals surface area contributed by atoms with Crippen molar-refractivity contribution in [1.82, 2.24) is 9.78 Å². The molecule has 1 atom stereocenters. The Labute approximate surface area is 112 Å². The van der Waals surface area contributed by atoms with Gasteiger partial charge in [0, 0.05) is 6.61 Å². The van der Waals surface area contributed by atoms with Gasteiger partial charge in [0.25, 0.3) is 0 Å². The van der Waals surface area contributed by atoms with Crippen molar-refractivity contribution in [1.29, 1.82) is 0 Å². The maximum absolute atomic E-state index is 6.33. The molecule has 2 fully saturated rings. The van der Waals surface area contributed by atoms with Gasteiger partial charge < -0.3 is 9.47 Å². The van der Waals surface area contributed by atoms with Crippen LogP contribution in [0.25, 0.3) is 0 Å². The van der Waals surface area contributed by atoms with Crippen molar-refractivity contribution < 1.29 is 9.47 Å². The second-order valence-electron chi connectivity index (χ2n) is 5.09. The predicted molar refractivity (Wildman–Crippen MR) is 69.0 cm³/mol. The Morgan fingerprint density at radius 3 is 2.72 bits per heavy atom. The minimum Gasteiger partial charge on any atom is -0.486 e. The summed E-state index contributed by atoms with van der Waals surface area (Å²) in [5.74, 6) is 0.706. The number of nitrogens with zero attached hydrogens (tertiary/aromatic N) is 2. The van der Waals surface area contributed by atoms with E-state index in [0.29, 0.717) is 17.0 Å². The summed E-state index contributed by atoms with van der Waals surface area (Å²) in [4.78, 5) is 0. The van der Waals surface area contributed by atoms with E-state index in [0.717, 1.165) is 32.3 Å². The van der Waals surface area contributed by atoms with Gasteiger partial charge in [-0.05, 0) is 44.9 Å². The van der Waals surface area contributed by atoms with Crippen LogP contribution in [-0.4, -0.2) is 22.5 Å². The second-order valence-corrected chi connectivity index (χ2v) is 5.45. The number of rotatable bonds is 3. The van der Waals surface area contributed by atoms with Crippen molar-refractivity contribution in [2.24, 2.45) is 0 Å². The van der Waals surface area contributed by atoms with Gasteiger partial charge >= 0.3 is 0 Å². The highest BCUT2D eigenvalue weighted by molar-refractivity contribution is 6.31. The Balaban J connectivity index is 1.70. The van der Waals surface area contributed by atoms with Crippen LogP contribution in [0.2, 0.25) is 5.15 Å². The van der Waals surface area contributed by atoms with Gasteiger partial charge in [0.15, 0.2) is 17.1 Å². The van der Waals surface area contributed by atoms with Crippen molar-refractivity contribution in [3.8, 4) is 5.75 Å². The molecule has 1 unspecified atom stereocenters. The quantitative estimate of drug-likeness (QED) is 0.843. The largest absolute Gasteiger partial charge is 0.486 e. The number of hydrogen-bond donors (Lipinski definition) is 0. The SMILES string of the molecule is Clc1c(OC2CCCC2)cnn1C1CCCCO1. The van der Waals surface area contributed by atoms with E-state index in [1.54, 1.807) is 10.9 Å². The van der Waals surface area contributed by atoms with Gasteiger partial charge in [0.1, 0.15) is 0 Å². The number of hydrogen-bond acceptors (Lipinski definition) is 3. The molecule has 1 aromatic heterocycles. The maximum atomic E-state index is 6.33. The predicted octanol–water partition coefficient (Wildman–Crippen LogP) is 3.56. The molecule has 2 heterocycles. The Hall–Kier alpha value is -0.740. The Kier molecular flexibility index (Phi) is 3.75. The average molecular weight is 271 g/mol. The fraction of sp³-hybridized carbons (Fsp3) is 0.769. The molecule has 1 saturated carbocycles. The smallest absolute Gasteiger partial charge is 0.176 e. The molecule has 2 aliphatic rings. The molecule has 0 radical (unpaired) electrons. The maximum Gasteiger partial charge on any atom is 0.176 e. The van der Waals surface area contributed by atoms with E-state index < -0.39 is 0 Å². The number of ether oxygens (including phenoxy) is 2. The van der Waals surface area contributed by atoms with Crippen LogP contribution in [0.5, 0.6) is 5.75 Å². The average Bonchev–Trinajstić information content (AvgIpc) is 3.03. The summed E-state index contributed by atoms with van der Waals surface area (Å²) in [6.07, 6.45) is 10.0. The van der Waals surface area contributed by atoms with Crippen LogP contribution in [0.3, 0.4) is 0 Å². The van der Waals surface area contributed by atoms with Gasteiger partial charge in [0.05, 0.1) is 12.3 Å². The highest BCUT2D eigenvalue weighted by Gasteiger charge is 2.24. The van der Waals surface area contributed by atoms with E-state index in [-0.39, 0.29) is 6.23 Å². The summed E-state index contributed by atoms with van der Waals surface area (Å²) in [5, 5.41) is 4.89. The van der Waals surface area contributed by atoms with Gasteiger partial charge in [-0.1, -0.05) is 11.6 Å². The van der Waals surface area contributed by atoms with Crippen LogP contribution in [-0.2, 0) is 4.74 Å². The molecule has 100 valence electrons. The Bertz CT molecular complexity index is 396. The molecular formula is C13H19ClN2O2. The highest BCUT2D eigenvalue weighted by Crippen LogP contribution is 2.33. The van der Waals surface area contributed by atoms with E-state index in [4.69, 9.17) is 21.1 Å². The first-order valence-electron chi connectivity index (χ1n) is 6.86. The summed E-state index contributed by atoms with van der Waals surface area (Å²) in [5.41, 5.74) is 0. The van der Waals surface area contributed by atoms with E-state index in [9.17, 15) is 0 Å². The van der Waals surface area contributed by atoms with Crippen molar-refractivity contribution in [3.05, 3.63) is 11.3 Å². The number of aromatic nitrogens is 2. The second kappa shape index (κ2) is 5.49. The first-order chi connectivity index (χ1) is 8.84. The highest BCUT2D eigenvalue weighted by atomic mass is 35.5. The molecule has 0 N–H and O–H groups in total. The third-order valence-electron chi connectivity index (χ3n) is 3.73. The first-order valence-corrected chi connectivity index (χ1v) is 7.23. The van der Waals surface area contributed by atoms with Crippen molar-refractivity contribution >= 4 is 11.6 Å². The third kappa shape index (κ3) is 2.50. The van der Waals surface area contributed by atoms with Crippen LogP contribution < -0.4 is 4.74 Å². The lowest BCUT2D eigenvalue weighted by atomic mass is 10.2. The Morgan fingerprint density at radius 2 is 2.00 bits per heavy atom. The van der Waals surface area contributed by atoms with Gasteiger partial charge in [-0.3, -0.25) is 0 Å². The zero-order chi connectivity index (χ0) is 12.4. The fourth-order valence-corrected chi connectivity index (χ4v) is 2.96. The van der Waals surface area contributed by atoms with Crippen LogP contribution in [0.1, 0.15) is 51.2 Å². The van der Waals surface area contributed by atoms with Crippen LogP contribution >= 0.6 is 11.6 Å². The molecule has 1 aliphatic carbocycles.